The average molecular weight is 279 g/mol. The van der Waals surface area contributed by atoms with Gasteiger partial charge in [0, 0.05) is 12.7 Å². The van der Waals surface area contributed by atoms with E-state index in [4.69, 9.17) is 15.2 Å². The Morgan fingerprint density at radius 2 is 2.10 bits per heavy atom. The maximum absolute atomic E-state index is 6.31. The van der Waals surface area contributed by atoms with Crippen LogP contribution in [0.25, 0.3) is 0 Å². The Labute approximate surface area is 120 Å². The summed E-state index contributed by atoms with van der Waals surface area (Å²) in [6.45, 7) is 6.85. The summed E-state index contributed by atoms with van der Waals surface area (Å²) in [5.41, 5.74) is 6.28. The average Bonchev–Trinajstić information content (AvgIpc) is 2.45. The molecule has 2 rings (SSSR count). The largest absolute Gasteiger partial charge is 0.384 e. The number of nitrogens with two attached hydrogens (primary N) is 1. The van der Waals surface area contributed by atoms with E-state index >= 15 is 0 Å². The zero-order valence-corrected chi connectivity index (χ0v) is 12.7. The molecule has 0 aromatic carbocycles. The first-order valence-electron chi connectivity index (χ1n) is 7.50. The molecule has 0 saturated carbocycles. The van der Waals surface area contributed by atoms with Crippen molar-refractivity contribution in [2.24, 2.45) is 0 Å². The van der Waals surface area contributed by atoms with Crippen LogP contribution in [0.5, 0.6) is 0 Å². The minimum absolute atomic E-state index is 0.139. The molecule has 20 heavy (non-hydrogen) atoms. The number of hydrogen-bond acceptors (Lipinski definition) is 5. The van der Waals surface area contributed by atoms with E-state index in [9.17, 15) is 0 Å². The number of nitrogen functional groups attached to an aromatic ring is 1. The van der Waals surface area contributed by atoms with Crippen LogP contribution in [0.3, 0.4) is 0 Å². The van der Waals surface area contributed by atoms with Gasteiger partial charge in [0.05, 0.1) is 5.69 Å². The van der Waals surface area contributed by atoms with Gasteiger partial charge >= 0.3 is 0 Å². The number of aromatic nitrogens is 2. The molecular weight excluding hydrogens is 254 g/mol. The molecule has 1 atom stereocenters. The van der Waals surface area contributed by atoms with Gasteiger partial charge in [0.15, 0.2) is 6.29 Å². The van der Waals surface area contributed by atoms with E-state index in [1.165, 1.54) is 0 Å². The summed E-state index contributed by atoms with van der Waals surface area (Å²) < 4.78 is 12.0. The lowest BCUT2D eigenvalue weighted by Crippen LogP contribution is -2.37. The number of hydrogen-bond donors (Lipinski definition) is 1. The summed E-state index contributed by atoms with van der Waals surface area (Å²) in [6, 6.07) is 1.82. The number of nitrogens with zero attached hydrogens (tertiary/aromatic N) is 2. The second-order valence-electron chi connectivity index (χ2n) is 5.34. The van der Waals surface area contributed by atoms with Crippen molar-refractivity contribution >= 4 is 5.82 Å². The van der Waals surface area contributed by atoms with Crippen LogP contribution in [0.1, 0.15) is 57.5 Å². The van der Waals surface area contributed by atoms with Crippen molar-refractivity contribution in [3.63, 3.8) is 0 Å². The molecule has 5 nitrogen and oxygen atoms in total. The molecule has 0 aliphatic carbocycles. The Kier molecular flexibility index (Phi) is 4.94. The topological polar surface area (TPSA) is 70.3 Å². The van der Waals surface area contributed by atoms with Gasteiger partial charge in [-0.3, -0.25) is 0 Å². The SMILES string of the molecule is CCC(CC)(OC1CCCCO1)c1cc(N)nc(C)n1. The van der Waals surface area contributed by atoms with E-state index in [1.54, 1.807) is 0 Å². The van der Waals surface area contributed by atoms with Crippen LogP contribution in [-0.2, 0) is 15.1 Å². The molecule has 1 aliphatic heterocycles. The van der Waals surface area contributed by atoms with Crippen molar-refractivity contribution in [1.82, 2.24) is 9.97 Å². The molecule has 0 amide bonds. The van der Waals surface area contributed by atoms with Crippen LogP contribution in [0.2, 0.25) is 0 Å². The normalized spacial score (nSPS) is 20.1. The molecule has 2 heterocycles. The van der Waals surface area contributed by atoms with Crippen molar-refractivity contribution in [3.8, 4) is 0 Å². The molecule has 1 aliphatic rings. The van der Waals surface area contributed by atoms with Gasteiger partial charge in [0.2, 0.25) is 0 Å². The van der Waals surface area contributed by atoms with Gasteiger partial charge in [-0.1, -0.05) is 13.8 Å². The molecular formula is C15H25N3O2. The Morgan fingerprint density at radius 1 is 1.35 bits per heavy atom. The third kappa shape index (κ3) is 3.27. The summed E-state index contributed by atoms with van der Waals surface area (Å²) in [6.07, 6.45) is 4.74. The Balaban J connectivity index is 2.27. The van der Waals surface area contributed by atoms with Gasteiger partial charge in [-0.25, -0.2) is 9.97 Å². The highest BCUT2D eigenvalue weighted by molar-refractivity contribution is 5.32. The zero-order chi connectivity index (χ0) is 14.6. The van der Waals surface area contributed by atoms with Gasteiger partial charge in [-0.2, -0.15) is 0 Å². The van der Waals surface area contributed by atoms with Gasteiger partial charge in [0.25, 0.3) is 0 Å². The number of aryl methyl sites for hydroxylation is 1. The molecule has 112 valence electrons. The smallest absolute Gasteiger partial charge is 0.158 e. The van der Waals surface area contributed by atoms with E-state index in [0.29, 0.717) is 11.6 Å². The van der Waals surface area contributed by atoms with E-state index < -0.39 is 5.60 Å². The van der Waals surface area contributed by atoms with Crippen molar-refractivity contribution in [2.75, 3.05) is 12.3 Å². The second kappa shape index (κ2) is 6.50. The second-order valence-corrected chi connectivity index (χ2v) is 5.34. The highest BCUT2D eigenvalue weighted by Crippen LogP contribution is 2.35. The summed E-state index contributed by atoms with van der Waals surface area (Å²) >= 11 is 0. The van der Waals surface area contributed by atoms with Crippen LogP contribution >= 0.6 is 0 Å². The summed E-state index contributed by atoms with van der Waals surface area (Å²) in [5.74, 6) is 1.17. The van der Waals surface area contributed by atoms with Gasteiger partial charge in [0.1, 0.15) is 17.2 Å². The van der Waals surface area contributed by atoms with Gasteiger partial charge in [-0.15, -0.1) is 0 Å². The van der Waals surface area contributed by atoms with E-state index in [1.807, 2.05) is 13.0 Å². The molecule has 2 N–H and O–H groups in total. The molecule has 0 bridgehead atoms. The van der Waals surface area contributed by atoms with Crippen molar-refractivity contribution in [2.45, 2.75) is 64.8 Å². The molecule has 1 saturated heterocycles. The lowest BCUT2D eigenvalue weighted by Gasteiger charge is -2.36. The first kappa shape index (κ1) is 15.2. The Bertz CT molecular complexity index is 420. The summed E-state index contributed by atoms with van der Waals surface area (Å²) in [4.78, 5) is 8.69. The number of rotatable bonds is 5. The molecule has 5 heteroatoms. The summed E-state index contributed by atoms with van der Waals surface area (Å²) in [7, 11) is 0. The highest BCUT2D eigenvalue weighted by Gasteiger charge is 2.35. The van der Waals surface area contributed by atoms with Crippen LogP contribution < -0.4 is 5.73 Å². The maximum atomic E-state index is 6.31. The minimum Gasteiger partial charge on any atom is -0.384 e. The third-order valence-electron chi connectivity index (χ3n) is 3.96. The van der Waals surface area contributed by atoms with Crippen LogP contribution in [-0.4, -0.2) is 22.9 Å². The molecule has 1 fully saturated rings. The van der Waals surface area contributed by atoms with Crippen molar-refractivity contribution in [3.05, 3.63) is 17.6 Å². The minimum atomic E-state index is -0.441. The fourth-order valence-electron chi connectivity index (χ4n) is 2.72. The number of ether oxygens (including phenoxy) is 2. The quantitative estimate of drug-likeness (QED) is 0.897. The van der Waals surface area contributed by atoms with Crippen LogP contribution in [0.15, 0.2) is 6.07 Å². The fourth-order valence-corrected chi connectivity index (χ4v) is 2.72. The standard InChI is InChI=1S/C15H25N3O2/c1-4-15(5-2,20-14-8-6-7-9-19-14)12-10-13(16)18-11(3)17-12/h10,14H,4-9H2,1-3H3,(H2,16,17,18). The molecule has 1 aromatic heterocycles. The molecule has 0 spiro atoms. The fraction of sp³-hybridized carbons (Fsp3) is 0.733. The highest BCUT2D eigenvalue weighted by atomic mass is 16.7. The van der Waals surface area contributed by atoms with Crippen LogP contribution in [0, 0.1) is 6.92 Å². The predicted molar refractivity (Wildman–Crippen MR) is 78.1 cm³/mol. The van der Waals surface area contributed by atoms with E-state index in [2.05, 4.69) is 23.8 Å². The van der Waals surface area contributed by atoms with Crippen molar-refractivity contribution < 1.29 is 9.47 Å². The number of anilines is 1. The Morgan fingerprint density at radius 3 is 2.65 bits per heavy atom. The zero-order valence-electron chi connectivity index (χ0n) is 12.7. The molecule has 0 radical (unpaired) electrons. The monoisotopic (exact) mass is 279 g/mol. The summed E-state index contributed by atoms with van der Waals surface area (Å²) in [5, 5.41) is 0. The maximum Gasteiger partial charge on any atom is 0.158 e. The Hall–Kier alpha value is -1.20. The molecule has 1 unspecified atom stereocenters. The first-order valence-corrected chi connectivity index (χ1v) is 7.50. The first-order chi connectivity index (χ1) is 9.59. The molecule has 1 aromatic rings. The van der Waals surface area contributed by atoms with Crippen molar-refractivity contribution in [1.29, 1.82) is 0 Å². The lowest BCUT2D eigenvalue weighted by molar-refractivity contribution is -0.233. The van der Waals surface area contributed by atoms with E-state index in [-0.39, 0.29) is 6.29 Å². The van der Waals surface area contributed by atoms with Gasteiger partial charge < -0.3 is 15.2 Å². The van der Waals surface area contributed by atoms with E-state index in [0.717, 1.165) is 44.4 Å². The van der Waals surface area contributed by atoms with Gasteiger partial charge in [-0.05, 0) is 39.0 Å². The third-order valence-corrected chi connectivity index (χ3v) is 3.96. The van der Waals surface area contributed by atoms with Crippen LogP contribution in [0.4, 0.5) is 5.82 Å². The predicted octanol–water partition coefficient (Wildman–Crippen LogP) is 2.93. The lowest BCUT2D eigenvalue weighted by atomic mass is 9.92.